The summed E-state index contributed by atoms with van der Waals surface area (Å²) in [5.74, 6) is -1.08. The monoisotopic (exact) mass is 265 g/mol. The van der Waals surface area contributed by atoms with E-state index in [9.17, 15) is 9.59 Å². The number of carboxylic acid groups (broad SMARTS) is 1. The van der Waals surface area contributed by atoms with Crippen LogP contribution in [0.15, 0.2) is 18.2 Å². The smallest absolute Gasteiger partial charge is 0.325 e. The van der Waals surface area contributed by atoms with E-state index < -0.39 is 18.0 Å². The molecule has 2 amide bonds. The Morgan fingerprint density at radius 2 is 1.95 bits per heavy atom. The molecule has 0 fully saturated rings. The lowest BCUT2D eigenvalue weighted by Gasteiger charge is -2.17. The number of carbonyl (C=O) groups is 2. The van der Waals surface area contributed by atoms with Crippen molar-refractivity contribution in [3.8, 4) is 0 Å². The first-order valence-corrected chi connectivity index (χ1v) is 5.89. The molecule has 0 saturated carbocycles. The van der Waals surface area contributed by atoms with Crippen LogP contribution in [-0.2, 0) is 4.79 Å². The Kier molecular flexibility index (Phi) is 4.74. The van der Waals surface area contributed by atoms with Crippen LogP contribution in [0.2, 0.25) is 0 Å². The zero-order chi connectivity index (χ0) is 14.6. The summed E-state index contributed by atoms with van der Waals surface area (Å²) in [6.07, 6.45) is 0. The highest BCUT2D eigenvalue weighted by atomic mass is 16.4. The summed E-state index contributed by atoms with van der Waals surface area (Å²) in [4.78, 5) is 24.2. The first-order valence-electron chi connectivity index (χ1n) is 5.89. The molecule has 0 unspecified atom stereocenters. The van der Waals surface area contributed by atoms with Crippen molar-refractivity contribution in [1.82, 2.24) is 5.32 Å². The average Bonchev–Trinajstić information content (AvgIpc) is 2.30. The van der Waals surface area contributed by atoms with E-state index in [0.29, 0.717) is 5.69 Å². The van der Waals surface area contributed by atoms with Crippen molar-refractivity contribution in [3.05, 3.63) is 23.8 Å². The minimum atomic E-state index is -1.08. The molecule has 6 heteroatoms. The van der Waals surface area contributed by atoms with Crippen LogP contribution in [0, 0.1) is 6.92 Å². The molecule has 0 aliphatic carbocycles. The van der Waals surface area contributed by atoms with Crippen LogP contribution in [0.25, 0.3) is 0 Å². The minimum absolute atomic E-state index is 0.538. The largest absolute Gasteiger partial charge is 0.480 e. The van der Waals surface area contributed by atoms with Gasteiger partial charge in [0.05, 0.1) is 0 Å². The predicted octanol–water partition coefficient (Wildman–Crippen LogP) is 1.66. The fourth-order valence-electron chi connectivity index (χ4n) is 1.59. The third kappa shape index (κ3) is 4.17. The number of carbonyl (C=O) groups excluding carboxylic acids is 1. The SMILES string of the molecule is Cc1ccc(NC(=O)N[C@H](C)C(=O)O)cc1N(C)C. The summed E-state index contributed by atoms with van der Waals surface area (Å²) in [6.45, 7) is 3.38. The summed E-state index contributed by atoms with van der Waals surface area (Å²) >= 11 is 0. The van der Waals surface area contributed by atoms with Gasteiger partial charge in [-0.25, -0.2) is 4.79 Å². The van der Waals surface area contributed by atoms with Crippen LogP contribution in [0.3, 0.4) is 0 Å². The summed E-state index contributed by atoms with van der Waals surface area (Å²) in [5, 5.41) is 13.6. The van der Waals surface area contributed by atoms with Crippen LogP contribution >= 0.6 is 0 Å². The van der Waals surface area contributed by atoms with Gasteiger partial charge in [-0.1, -0.05) is 6.07 Å². The number of anilines is 2. The molecule has 0 aliphatic rings. The second-order valence-corrected chi connectivity index (χ2v) is 4.55. The standard InChI is InChI=1S/C13H19N3O3/c1-8-5-6-10(7-11(8)16(3)4)15-13(19)14-9(2)12(17)18/h5-7,9H,1-4H3,(H,17,18)(H2,14,15,19)/t9-/m1/s1. The number of aliphatic carboxylic acids is 1. The lowest BCUT2D eigenvalue weighted by atomic mass is 10.1. The Labute approximate surface area is 112 Å². The fraction of sp³-hybridized carbons (Fsp3) is 0.385. The lowest BCUT2D eigenvalue weighted by molar-refractivity contribution is -0.138. The number of hydrogen-bond acceptors (Lipinski definition) is 3. The van der Waals surface area contributed by atoms with E-state index in [2.05, 4.69) is 10.6 Å². The van der Waals surface area contributed by atoms with Gasteiger partial charge in [0.15, 0.2) is 0 Å². The van der Waals surface area contributed by atoms with Crippen LogP contribution < -0.4 is 15.5 Å². The highest BCUT2D eigenvalue weighted by Gasteiger charge is 2.14. The van der Waals surface area contributed by atoms with Crippen molar-refractivity contribution in [1.29, 1.82) is 0 Å². The zero-order valence-electron chi connectivity index (χ0n) is 11.5. The van der Waals surface area contributed by atoms with E-state index in [-0.39, 0.29) is 0 Å². The molecule has 0 spiro atoms. The van der Waals surface area contributed by atoms with Gasteiger partial charge < -0.3 is 20.6 Å². The second kappa shape index (κ2) is 6.08. The van der Waals surface area contributed by atoms with E-state index in [4.69, 9.17) is 5.11 Å². The number of hydrogen-bond donors (Lipinski definition) is 3. The predicted molar refractivity (Wildman–Crippen MR) is 74.8 cm³/mol. The third-order valence-corrected chi connectivity index (χ3v) is 2.67. The molecule has 104 valence electrons. The van der Waals surface area contributed by atoms with Crippen molar-refractivity contribution >= 4 is 23.4 Å². The molecule has 0 saturated heterocycles. The normalized spacial score (nSPS) is 11.6. The van der Waals surface area contributed by atoms with Gasteiger partial charge >= 0.3 is 12.0 Å². The van der Waals surface area contributed by atoms with Crippen molar-refractivity contribution < 1.29 is 14.7 Å². The Morgan fingerprint density at radius 1 is 1.32 bits per heavy atom. The molecule has 19 heavy (non-hydrogen) atoms. The van der Waals surface area contributed by atoms with E-state index in [0.717, 1.165) is 11.3 Å². The number of nitrogens with one attached hydrogen (secondary N) is 2. The molecule has 1 aromatic carbocycles. The molecule has 0 aliphatic heterocycles. The van der Waals surface area contributed by atoms with Crippen LogP contribution in [0.1, 0.15) is 12.5 Å². The van der Waals surface area contributed by atoms with Gasteiger partial charge in [-0.15, -0.1) is 0 Å². The van der Waals surface area contributed by atoms with E-state index >= 15 is 0 Å². The van der Waals surface area contributed by atoms with Gasteiger partial charge in [-0.3, -0.25) is 4.79 Å². The van der Waals surface area contributed by atoms with Crippen molar-refractivity contribution in [2.24, 2.45) is 0 Å². The maximum absolute atomic E-state index is 11.6. The third-order valence-electron chi connectivity index (χ3n) is 2.67. The van der Waals surface area contributed by atoms with Gasteiger partial charge in [0.1, 0.15) is 6.04 Å². The molecule has 1 atom stereocenters. The Bertz CT molecular complexity index is 486. The Hall–Kier alpha value is -2.24. The van der Waals surface area contributed by atoms with E-state index in [1.165, 1.54) is 6.92 Å². The number of nitrogens with zero attached hydrogens (tertiary/aromatic N) is 1. The fourth-order valence-corrected chi connectivity index (χ4v) is 1.59. The maximum atomic E-state index is 11.6. The van der Waals surface area contributed by atoms with Gasteiger partial charge in [-0.05, 0) is 31.5 Å². The zero-order valence-corrected chi connectivity index (χ0v) is 11.5. The first-order chi connectivity index (χ1) is 8.81. The molecule has 3 N–H and O–H groups in total. The molecule has 0 radical (unpaired) electrons. The molecular formula is C13H19N3O3. The second-order valence-electron chi connectivity index (χ2n) is 4.55. The maximum Gasteiger partial charge on any atom is 0.325 e. The van der Waals surface area contributed by atoms with Gasteiger partial charge in [0, 0.05) is 25.5 Å². The Balaban J connectivity index is 2.75. The molecular weight excluding hydrogens is 246 g/mol. The molecule has 0 aromatic heterocycles. The molecule has 6 nitrogen and oxygen atoms in total. The molecule has 1 aromatic rings. The number of amides is 2. The van der Waals surface area contributed by atoms with E-state index in [1.54, 1.807) is 6.07 Å². The topological polar surface area (TPSA) is 81.7 Å². The summed E-state index contributed by atoms with van der Waals surface area (Å²) in [6, 6.07) is 4.03. The van der Waals surface area contributed by atoms with Gasteiger partial charge in [0.2, 0.25) is 0 Å². The van der Waals surface area contributed by atoms with Crippen molar-refractivity contribution in [2.45, 2.75) is 19.9 Å². The van der Waals surface area contributed by atoms with Crippen molar-refractivity contribution in [2.75, 3.05) is 24.3 Å². The Morgan fingerprint density at radius 3 is 2.47 bits per heavy atom. The van der Waals surface area contributed by atoms with E-state index in [1.807, 2.05) is 38.1 Å². The number of urea groups is 1. The number of aryl methyl sites for hydroxylation is 1. The van der Waals surface area contributed by atoms with Gasteiger partial charge in [-0.2, -0.15) is 0 Å². The minimum Gasteiger partial charge on any atom is -0.480 e. The average molecular weight is 265 g/mol. The molecule has 0 heterocycles. The number of carboxylic acids is 1. The summed E-state index contributed by atoms with van der Waals surface area (Å²) in [5.41, 5.74) is 2.70. The highest BCUT2D eigenvalue weighted by Crippen LogP contribution is 2.22. The highest BCUT2D eigenvalue weighted by molar-refractivity contribution is 5.92. The molecule has 0 bridgehead atoms. The molecule has 1 rings (SSSR count). The van der Waals surface area contributed by atoms with Crippen LogP contribution in [-0.4, -0.2) is 37.2 Å². The summed E-state index contributed by atoms with van der Waals surface area (Å²) in [7, 11) is 3.83. The quantitative estimate of drug-likeness (QED) is 0.773. The number of rotatable bonds is 4. The van der Waals surface area contributed by atoms with Gasteiger partial charge in [0.25, 0.3) is 0 Å². The first kappa shape index (κ1) is 14.8. The van der Waals surface area contributed by atoms with Crippen LogP contribution in [0.5, 0.6) is 0 Å². The lowest BCUT2D eigenvalue weighted by Crippen LogP contribution is -2.40. The van der Waals surface area contributed by atoms with Crippen LogP contribution in [0.4, 0.5) is 16.2 Å². The number of benzene rings is 1. The van der Waals surface area contributed by atoms with Crippen molar-refractivity contribution in [3.63, 3.8) is 0 Å². The summed E-state index contributed by atoms with van der Waals surface area (Å²) < 4.78 is 0.